The molecule has 1 aromatic rings. The van der Waals surface area contributed by atoms with E-state index in [1.807, 2.05) is 20.8 Å². The summed E-state index contributed by atoms with van der Waals surface area (Å²) in [6.45, 7) is 4.76. The molecule has 0 fully saturated rings. The van der Waals surface area contributed by atoms with E-state index in [2.05, 4.69) is 9.71 Å². The zero-order valence-corrected chi connectivity index (χ0v) is 11.6. The molecule has 0 aromatic carbocycles. The standard InChI is InChI=1S/C11H16ClFN2OS/c1-11(2,3)17(16)15-10(7-13)9-6-8(12)4-5-14-9/h4-6,10,15H,7H2,1-3H3/t10?,17-/m1/s1. The Morgan fingerprint density at radius 1 is 1.59 bits per heavy atom. The molecule has 1 N–H and O–H groups in total. The van der Waals surface area contributed by atoms with Crippen LogP contribution in [0.5, 0.6) is 0 Å². The van der Waals surface area contributed by atoms with Crippen molar-refractivity contribution >= 4 is 22.6 Å². The Kier molecular flexibility index (Phi) is 5.04. The van der Waals surface area contributed by atoms with Gasteiger partial charge in [-0.3, -0.25) is 4.98 Å². The second kappa shape index (κ2) is 5.89. The first-order valence-electron chi connectivity index (χ1n) is 5.20. The fourth-order valence-corrected chi connectivity index (χ4v) is 2.05. The maximum absolute atomic E-state index is 12.9. The SMILES string of the molecule is CC(C)(C)[S@@](=O)NC(CF)c1cc(Cl)ccn1. The molecule has 1 heterocycles. The molecular formula is C11H16ClFN2OS. The third kappa shape index (κ3) is 4.33. The summed E-state index contributed by atoms with van der Waals surface area (Å²) in [5.74, 6) is 0. The monoisotopic (exact) mass is 278 g/mol. The largest absolute Gasteiger partial charge is 0.259 e. The van der Waals surface area contributed by atoms with Crippen LogP contribution in [0.3, 0.4) is 0 Å². The first-order chi connectivity index (χ1) is 7.84. The van der Waals surface area contributed by atoms with E-state index in [1.165, 1.54) is 6.20 Å². The van der Waals surface area contributed by atoms with Crippen LogP contribution >= 0.6 is 11.6 Å². The smallest absolute Gasteiger partial charge is 0.111 e. The van der Waals surface area contributed by atoms with Crippen LogP contribution in [0.4, 0.5) is 4.39 Å². The highest BCUT2D eigenvalue weighted by Gasteiger charge is 2.24. The van der Waals surface area contributed by atoms with Crippen LogP contribution in [0, 0.1) is 0 Å². The molecule has 1 aromatic heterocycles. The van der Waals surface area contributed by atoms with Crippen molar-refractivity contribution in [3.8, 4) is 0 Å². The summed E-state index contributed by atoms with van der Waals surface area (Å²) in [7, 11) is -1.35. The number of hydrogen-bond donors (Lipinski definition) is 1. The molecule has 2 atom stereocenters. The van der Waals surface area contributed by atoms with Crippen LogP contribution in [-0.4, -0.2) is 20.6 Å². The summed E-state index contributed by atoms with van der Waals surface area (Å²) in [6, 6.07) is 2.48. The van der Waals surface area contributed by atoms with E-state index in [-0.39, 0.29) is 0 Å². The molecule has 0 bridgehead atoms. The quantitative estimate of drug-likeness (QED) is 0.920. The minimum Gasteiger partial charge on any atom is -0.259 e. The zero-order valence-electron chi connectivity index (χ0n) is 10.0. The third-order valence-electron chi connectivity index (χ3n) is 2.06. The molecular weight excluding hydrogens is 263 g/mol. The van der Waals surface area contributed by atoms with Gasteiger partial charge in [0.1, 0.15) is 6.67 Å². The molecule has 1 rings (SSSR count). The first kappa shape index (κ1) is 14.5. The molecule has 3 nitrogen and oxygen atoms in total. The van der Waals surface area contributed by atoms with E-state index >= 15 is 0 Å². The Balaban J connectivity index is 2.83. The van der Waals surface area contributed by atoms with Crippen molar-refractivity contribution < 1.29 is 8.60 Å². The van der Waals surface area contributed by atoms with Gasteiger partial charge in [-0.15, -0.1) is 0 Å². The van der Waals surface area contributed by atoms with Crippen LogP contribution in [0.15, 0.2) is 18.3 Å². The Morgan fingerprint density at radius 3 is 2.71 bits per heavy atom. The van der Waals surface area contributed by atoms with E-state index in [1.54, 1.807) is 12.1 Å². The zero-order chi connectivity index (χ0) is 13.1. The van der Waals surface area contributed by atoms with Crippen molar-refractivity contribution in [1.29, 1.82) is 0 Å². The minimum absolute atomic E-state index is 0.452. The molecule has 0 saturated carbocycles. The molecule has 0 aliphatic rings. The lowest BCUT2D eigenvalue weighted by atomic mass is 10.2. The van der Waals surface area contributed by atoms with Gasteiger partial charge in [0, 0.05) is 11.2 Å². The topological polar surface area (TPSA) is 42.0 Å². The highest BCUT2D eigenvalue weighted by molar-refractivity contribution is 7.84. The molecule has 17 heavy (non-hydrogen) atoms. The molecule has 0 amide bonds. The third-order valence-corrected chi connectivity index (χ3v) is 3.91. The van der Waals surface area contributed by atoms with E-state index in [0.29, 0.717) is 10.7 Å². The average molecular weight is 279 g/mol. The number of pyridine rings is 1. The number of rotatable bonds is 4. The lowest BCUT2D eigenvalue weighted by Gasteiger charge is -2.22. The van der Waals surface area contributed by atoms with E-state index in [0.717, 1.165) is 0 Å². The summed E-state index contributed by atoms with van der Waals surface area (Å²) in [5.41, 5.74) is 0.456. The van der Waals surface area contributed by atoms with Crippen molar-refractivity contribution in [2.24, 2.45) is 0 Å². The van der Waals surface area contributed by atoms with E-state index < -0.39 is 28.4 Å². The molecule has 1 unspecified atom stereocenters. The predicted molar refractivity (Wildman–Crippen MR) is 69.0 cm³/mol. The number of halogens is 2. The fraction of sp³-hybridized carbons (Fsp3) is 0.545. The van der Waals surface area contributed by atoms with E-state index in [9.17, 15) is 8.60 Å². The fourth-order valence-electron chi connectivity index (χ4n) is 1.09. The summed E-state index contributed by atoms with van der Waals surface area (Å²) in [4.78, 5) is 4.02. The molecule has 0 saturated heterocycles. The van der Waals surface area contributed by atoms with Crippen LogP contribution in [0.1, 0.15) is 32.5 Å². The van der Waals surface area contributed by atoms with Crippen molar-refractivity contribution in [3.05, 3.63) is 29.0 Å². The van der Waals surface area contributed by atoms with Gasteiger partial charge in [-0.25, -0.2) is 13.3 Å². The highest BCUT2D eigenvalue weighted by Crippen LogP contribution is 2.18. The molecule has 0 spiro atoms. The van der Waals surface area contributed by atoms with Gasteiger partial charge in [-0.05, 0) is 32.9 Å². The van der Waals surface area contributed by atoms with Crippen LogP contribution in [0.2, 0.25) is 5.02 Å². The molecule has 0 aliphatic heterocycles. The number of nitrogens with one attached hydrogen (secondary N) is 1. The lowest BCUT2D eigenvalue weighted by Crippen LogP contribution is -2.36. The number of aromatic nitrogens is 1. The second-order valence-corrected chi connectivity index (χ2v) is 7.04. The second-order valence-electron chi connectivity index (χ2n) is 4.60. The summed E-state index contributed by atoms with van der Waals surface area (Å²) in [6.07, 6.45) is 1.50. The van der Waals surface area contributed by atoms with Crippen molar-refractivity contribution in [3.63, 3.8) is 0 Å². The Bertz CT molecular complexity index is 409. The summed E-state index contributed by atoms with van der Waals surface area (Å²) >= 11 is 5.81. The number of hydrogen-bond acceptors (Lipinski definition) is 2. The van der Waals surface area contributed by atoms with Gasteiger partial charge >= 0.3 is 0 Å². The maximum atomic E-state index is 12.9. The molecule has 96 valence electrons. The van der Waals surface area contributed by atoms with Crippen LogP contribution in [-0.2, 0) is 11.0 Å². The molecule has 0 radical (unpaired) electrons. The summed E-state index contributed by atoms with van der Waals surface area (Å²) < 4.78 is 27.1. The van der Waals surface area contributed by atoms with Crippen molar-refractivity contribution in [1.82, 2.24) is 9.71 Å². The van der Waals surface area contributed by atoms with Gasteiger partial charge in [0.15, 0.2) is 0 Å². The van der Waals surface area contributed by atoms with Gasteiger partial charge < -0.3 is 0 Å². The van der Waals surface area contributed by atoms with Crippen LogP contribution in [0.25, 0.3) is 0 Å². The number of nitrogens with zero attached hydrogens (tertiary/aromatic N) is 1. The lowest BCUT2D eigenvalue weighted by molar-refractivity contribution is 0.412. The highest BCUT2D eigenvalue weighted by atomic mass is 35.5. The summed E-state index contributed by atoms with van der Waals surface area (Å²) in [5, 5.41) is 0.483. The molecule has 6 heteroatoms. The number of alkyl halides is 1. The average Bonchev–Trinajstić information content (AvgIpc) is 2.24. The Hall–Kier alpha value is -0.520. The molecule has 0 aliphatic carbocycles. The van der Waals surface area contributed by atoms with Crippen molar-refractivity contribution in [2.45, 2.75) is 31.6 Å². The van der Waals surface area contributed by atoms with Crippen LogP contribution < -0.4 is 4.72 Å². The van der Waals surface area contributed by atoms with Gasteiger partial charge in [0.05, 0.1) is 27.5 Å². The maximum Gasteiger partial charge on any atom is 0.111 e. The van der Waals surface area contributed by atoms with Gasteiger partial charge in [-0.1, -0.05) is 11.6 Å². The van der Waals surface area contributed by atoms with Gasteiger partial charge in [0.2, 0.25) is 0 Å². The van der Waals surface area contributed by atoms with Crippen molar-refractivity contribution in [2.75, 3.05) is 6.67 Å². The predicted octanol–water partition coefficient (Wildman–Crippen LogP) is 2.80. The first-order valence-corrected chi connectivity index (χ1v) is 6.73. The Morgan fingerprint density at radius 2 is 2.24 bits per heavy atom. The van der Waals surface area contributed by atoms with Gasteiger partial charge in [0.25, 0.3) is 0 Å². The minimum atomic E-state index is -1.35. The Labute approximate surface area is 108 Å². The van der Waals surface area contributed by atoms with Gasteiger partial charge in [-0.2, -0.15) is 0 Å². The normalized spacial score (nSPS) is 15.6. The van der Waals surface area contributed by atoms with E-state index in [4.69, 9.17) is 11.6 Å².